The van der Waals surface area contributed by atoms with Gasteiger partial charge < -0.3 is 8.98 Å². The molecule has 0 aliphatic rings. The number of para-hydroxylation sites is 1. The average Bonchev–Trinajstić information content (AvgIpc) is 3.72. The van der Waals surface area contributed by atoms with Gasteiger partial charge in [-0.25, -0.2) is 9.97 Å². The largest absolute Gasteiger partial charge is 0.455 e. The number of hydrogen-bond acceptors (Lipinski definition) is 3. The predicted octanol–water partition coefficient (Wildman–Crippen LogP) is 11.0. The van der Waals surface area contributed by atoms with E-state index >= 15 is 0 Å². The summed E-state index contributed by atoms with van der Waals surface area (Å²) in [5.41, 5.74) is 10.2. The fourth-order valence-corrected chi connectivity index (χ4v) is 6.42. The Morgan fingerprint density at radius 2 is 1.04 bits per heavy atom. The van der Waals surface area contributed by atoms with Gasteiger partial charge in [0, 0.05) is 38.7 Å². The van der Waals surface area contributed by atoms with E-state index in [1.54, 1.807) is 0 Å². The lowest BCUT2D eigenvalue weighted by Gasteiger charge is -2.11. The van der Waals surface area contributed by atoms with Crippen LogP contribution in [0.2, 0.25) is 0 Å². The Hall–Kier alpha value is -6.26. The van der Waals surface area contributed by atoms with Crippen molar-refractivity contribution in [1.29, 1.82) is 0 Å². The average molecular weight is 590 g/mol. The third-order valence-corrected chi connectivity index (χ3v) is 8.63. The standard InChI is InChI=1S/C42H27N3O/c1-4-12-28(13-5-1)35-27-36(44-42(43-35)31-16-8-3-9-17-31)29-20-23-33(24-21-29)45-37-19-11-10-18-34(37)40-38(45)25-22-32-26-39(46-41(32)40)30-14-6-2-7-15-30/h1-27H. The number of furan rings is 1. The molecule has 0 N–H and O–H groups in total. The molecule has 0 amide bonds. The summed E-state index contributed by atoms with van der Waals surface area (Å²) in [6, 6.07) is 56.5. The first-order valence-corrected chi connectivity index (χ1v) is 15.4. The van der Waals surface area contributed by atoms with Crippen molar-refractivity contribution in [1.82, 2.24) is 14.5 Å². The highest BCUT2D eigenvalue weighted by molar-refractivity contribution is 6.20. The maximum Gasteiger partial charge on any atom is 0.160 e. The van der Waals surface area contributed by atoms with Crippen molar-refractivity contribution in [2.45, 2.75) is 0 Å². The molecule has 6 aromatic carbocycles. The van der Waals surface area contributed by atoms with Gasteiger partial charge in [-0.05, 0) is 42.5 Å². The highest BCUT2D eigenvalue weighted by Gasteiger charge is 2.18. The van der Waals surface area contributed by atoms with Gasteiger partial charge >= 0.3 is 0 Å². The minimum atomic E-state index is 0.709. The summed E-state index contributed by atoms with van der Waals surface area (Å²) < 4.78 is 8.89. The summed E-state index contributed by atoms with van der Waals surface area (Å²) in [6.07, 6.45) is 0. The van der Waals surface area contributed by atoms with E-state index in [-0.39, 0.29) is 0 Å². The Kier molecular flexibility index (Phi) is 6.10. The number of fused-ring (bicyclic) bond motifs is 5. The van der Waals surface area contributed by atoms with E-state index < -0.39 is 0 Å². The topological polar surface area (TPSA) is 43.9 Å². The van der Waals surface area contributed by atoms with Crippen LogP contribution in [0.5, 0.6) is 0 Å². The molecule has 0 radical (unpaired) electrons. The second-order valence-electron chi connectivity index (χ2n) is 11.4. The van der Waals surface area contributed by atoms with E-state index in [9.17, 15) is 0 Å². The second-order valence-corrected chi connectivity index (χ2v) is 11.4. The van der Waals surface area contributed by atoms with Crippen LogP contribution in [-0.2, 0) is 0 Å². The van der Waals surface area contributed by atoms with Gasteiger partial charge in [0.15, 0.2) is 5.82 Å². The first kappa shape index (κ1) is 26.2. The van der Waals surface area contributed by atoms with Crippen LogP contribution < -0.4 is 0 Å². The molecule has 9 rings (SSSR count). The highest BCUT2D eigenvalue weighted by atomic mass is 16.3. The van der Waals surface area contributed by atoms with Crippen LogP contribution in [0.1, 0.15) is 0 Å². The minimum Gasteiger partial charge on any atom is -0.455 e. The molecule has 0 atom stereocenters. The van der Waals surface area contributed by atoms with Crippen LogP contribution >= 0.6 is 0 Å². The molecular weight excluding hydrogens is 562 g/mol. The number of nitrogens with zero attached hydrogens (tertiary/aromatic N) is 3. The van der Waals surface area contributed by atoms with Crippen molar-refractivity contribution >= 4 is 32.8 Å². The van der Waals surface area contributed by atoms with Gasteiger partial charge in [0.05, 0.1) is 27.8 Å². The smallest absolute Gasteiger partial charge is 0.160 e. The Morgan fingerprint density at radius 3 is 1.74 bits per heavy atom. The maximum atomic E-state index is 6.57. The number of hydrogen-bond donors (Lipinski definition) is 0. The highest BCUT2D eigenvalue weighted by Crippen LogP contribution is 2.40. The third kappa shape index (κ3) is 4.39. The van der Waals surface area contributed by atoms with Gasteiger partial charge in [0.1, 0.15) is 11.3 Å². The second kappa shape index (κ2) is 10.7. The van der Waals surface area contributed by atoms with Crippen LogP contribution in [0.25, 0.3) is 83.7 Å². The molecule has 3 aromatic heterocycles. The molecule has 0 spiro atoms. The Morgan fingerprint density at radius 1 is 0.457 bits per heavy atom. The van der Waals surface area contributed by atoms with Crippen LogP contribution in [0.3, 0.4) is 0 Å². The molecule has 4 nitrogen and oxygen atoms in total. The van der Waals surface area contributed by atoms with Crippen LogP contribution in [0.15, 0.2) is 168 Å². The molecule has 46 heavy (non-hydrogen) atoms. The van der Waals surface area contributed by atoms with E-state index in [0.717, 1.165) is 77.9 Å². The van der Waals surface area contributed by atoms with Gasteiger partial charge in [-0.1, -0.05) is 121 Å². The summed E-state index contributed by atoms with van der Waals surface area (Å²) >= 11 is 0. The van der Waals surface area contributed by atoms with E-state index in [1.807, 2.05) is 54.6 Å². The summed E-state index contributed by atoms with van der Waals surface area (Å²) in [7, 11) is 0. The molecule has 0 aliphatic heterocycles. The lowest BCUT2D eigenvalue weighted by atomic mass is 10.1. The monoisotopic (exact) mass is 589 g/mol. The number of rotatable bonds is 5. The maximum absolute atomic E-state index is 6.57. The van der Waals surface area contributed by atoms with Gasteiger partial charge in [-0.15, -0.1) is 0 Å². The zero-order valence-corrected chi connectivity index (χ0v) is 24.8. The summed E-state index contributed by atoms with van der Waals surface area (Å²) in [6.45, 7) is 0. The molecule has 0 fully saturated rings. The lowest BCUT2D eigenvalue weighted by Crippen LogP contribution is -1.97. The number of aromatic nitrogens is 3. The van der Waals surface area contributed by atoms with Crippen molar-refractivity contribution in [3.8, 4) is 50.9 Å². The molecule has 216 valence electrons. The fraction of sp³-hybridized carbons (Fsp3) is 0. The SMILES string of the molecule is c1ccc(-c2cc(-c3ccc(-n4c5ccccc5c5c6oc(-c7ccccc7)cc6ccc54)cc3)nc(-c3ccccc3)n2)cc1. The summed E-state index contributed by atoms with van der Waals surface area (Å²) in [5, 5.41) is 3.38. The summed E-state index contributed by atoms with van der Waals surface area (Å²) in [5.74, 6) is 1.58. The zero-order chi connectivity index (χ0) is 30.5. The van der Waals surface area contributed by atoms with E-state index in [0.29, 0.717) is 5.82 Å². The molecule has 0 unspecified atom stereocenters. The van der Waals surface area contributed by atoms with Gasteiger partial charge in [-0.2, -0.15) is 0 Å². The van der Waals surface area contributed by atoms with Gasteiger partial charge in [-0.3, -0.25) is 0 Å². The van der Waals surface area contributed by atoms with Crippen molar-refractivity contribution < 1.29 is 4.42 Å². The molecule has 9 aromatic rings. The summed E-state index contributed by atoms with van der Waals surface area (Å²) in [4.78, 5) is 9.97. The van der Waals surface area contributed by atoms with Crippen molar-refractivity contribution in [2.24, 2.45) is 0 Å². The van der Waals surface area contributed by atoms with Crippen LogP contribution in [0.4, 0.5) is 0 Å². The number of benzene rings is 6. The van der Waals surface area contributed by atoms with Gasteiger partial charge in [0.2, 0.25) is 0 Å². The molecule has 3 heterocycles. The first-order chi connectivity index (χ1) is 22.8. The van der Waals surface area contributed by atoms with E-state index in [2.05, 4.69) is 114 Å². The van der Waals surface area contributed by atoms with E-state index in [1.165, 1.54) is 0 Å². The Labute approximate surface area is 265 Å². The molecule has 4 heteroatoms. The first-order valence-electron chi connectivity index (χ1n) is 15.4. The molecule has 0 bridgehead atoms. The fourth-order valence-electron chi connectivity index (χ4n) is 6.42. The van der Waals surface area contributed by atoms with Gasteiger partial charge in [0.25, 0.3) is 0 Å². The van der Waals surface area contributed by atoms with Crippen molar-refractivity contribution in [3.05, 3.63) is 164 Å². The Bertz CT molecular complexity index is 2440. The van der Waals surface area contributed by atoms with Crippen LogP contribution in [-0.4, -0.2) is 14.5 Å². The van der Waals surface area contributed by atoms with E-state index in [4.69, 9.17) is 14.4 Å². The minimum absolute atomic E-state index is 0.709. The predicted molar refractivity (Wildman–Crippen MR) is 188 cm³/mol. The third-order valence-electron chi connectivity index (χ3n) is 8.63. The molecule has 0 aliphatic carbocycles. The molecule has 0 saturated heterocycles. The molecular formula is C42H27N3O. The zero-order valence-electron chi connectivity index (χ0n) is 24.8. The lowest BCUT2D eigenvalue weighted by molar-refractivity contribution is 0.635. The molecule has 0 saturated carbocycles. The van der Waals surface area contributed by atoms with Crippen molar-refractivity contribution in [2.75, 3.05) is 0 Å². The van der Waals surface area contributed by atoms with Crippen molar-refractivity contribution in [3.63, 3.8) is 0 Å². The Balaban J connectivity index is 1.18. The quantitative estimate of drug-likeness (QED) is 0.201. The van der Waals surface area contributed by atoms with Crippen LogP contribution in [0, 0.1) is 0 Å². The normalized spacial score (nSPS) is 11.5.